The van der Waals surface area contributed by atoms with Gasteiger partial charge in [-0.05, 0) is 30.7 Å². The van der Waals surface area contributed by atoms with Gasteiger partial charge in [-0.1, -0.05) is 69.6 Å². The van der Waals surface area contributed by atoms with Crippen molar-refractivity contribution >= 4 is 17.7 Å². The van der Waals surface area contributed by atoms with Gasteiger partial charge >= 0.3 is 0 Å². The van der Waals surface area contributed by atoms with Gasteiger partial charge in [-0.15, -0.1) is 10.2 Å². The van der Waals surface area contributed by atoms with E-state index in [9.17, 15) is 4.79 Å². The van der Waals surface area contributed by atoms with Crippen molar-refractivity contribution in [1.29, 1.82) is 0 Å². The van der Waals surface area contributed by atoms with Gasteiger partial charge in [0.2, 0.25) is 5.91 Å². The lowest BCUT2D eigenvalue weighted by Crippen LogP contribution is -2.33. The van der Waals surface area contributed by atoms with Gasteiger partial charge in [0.1, 0.15) is 0 Å². The number of hydrogen-bond donors (Lipinski definition) is 1. The first-order chi connectivity index (χ1) is 12.9. The summed E-state index contributed by atoms with van der Waals surface area (Å²) in [6.07, 6.45) is 4.66. The lowest BCUT2D eigenvalue weighted by Gasteiger charge is -2.19. The Labute approximate surface area is 166 Å². The molecule has 2 aromatic rings. The van der Waals surface area contributed by atoms with E-state index >= 15 is 0 Å². The van der Waals surface area contributed by atoms with Crippen molar-refractivity contribution in [2.75, 3.05) is 5.75 Å². The third-order valence-electron chi connectivity index (χ3n) is 5.09. The number of hydrogen-bond acceptors (Lipinski definition) is 4. The quantitative estimate of drug-likeness (QED) is 0.747. The lowest BCUT2D eigenvalue weighted by atomic mass is 9.87. The Morgan fingerprint density at radius 2 is 1.85 bits per heavy atom. The Morgan fingerprint density at radius 1 is 1.19 bits per heavy atom. The molecular weight excluding hydrogens is 356 g/mol. The van der Waals surface area contributed by atoms with Crippen molar-refractivity contribution in [2.24, 2.45) is 0 Å². The van der Waals surface area contributed by atoms with Crippen LogP contribution in [0.2, 0.25) is 0 Å². The Balaban J connectivity index is 1.68. The van der Waals surface area contributed by atoms with Crippen molar-refractivity contribution in [3.8, 4) is 11.4 Å². The molecule has 5 nitrogen and oxygen atoms in total. The normalized spacial score (nSPS) is 15.3. The molecule has 0 spiro atoms. The first-order valence-corrected chi connectivity index (χ1v) is 10.8. The minimum absolute atomic E-state index is 0.0913. The fraction of sp³-hybridized carbons (Fsp3) is 0.571. The molecule has 1 heterocycles. The van der Waals surface area contributed by atoms with E-state index in [1.54, 1.807) is 0 Å². The van der Waals surface area contributed by atoms with E-state index in [0.29, 0.717) is 11.8 Å². The summed E-state index contributed by atoms with van der Waals surface area (Å²) in [6, 6.07) is 8.90. The van der Waals surface area contributed by atoms with Crippen LogP contribution < -0.4 is 5.32 Å². The van der Waals surface area contributed by atoms with Crippen LogP contribution in [0.1, 0.15) is 58.9 Å². The third-order valence-corrected chi connectivity index (χ3v) is 6.06. The molecule has 1 saturated carbocycles. The summed E-state index contributed by atoms with van der Waals surface area (Å²) in [7, 11) is 0. The SMILES string of the molecule is CCn1c(SCC(=O)NC2CCCC2)nnc1-c1ccc(C(C)(C)C)cc1. The van der Waals surface area contributed by atoms with E-state index in [4.69, 9.17) is 0 Å². The fourth-order valence-corrected chi connectivity index (χ4v) is 4.30. The molecule has 1 aliphatic carbocycles. The molecule has 1 amide bonds. The second-order valence-corrected chi connectivity index (χ2v) is 9.16. The summed E-state index contributed by atoms with van der Waals surface area (Å²) in [5.74, 6) is 1.34. The molecule has 1 fully saturated rings. The number of thioether (sulfide) groups is 1. The first kappa shape index (κ1) is 19.9. The number of nitrogens with zero attached hydrogens (tertiary/aromatic N) is 3. The smallest absolute Gasteiger partial charge is 0.230 e. The molecule has 146 valence electrons. The highest BCUT2D eigenvalue weighted by atomic mass is 32.2. The highest BCUT2D eigenvalue weighted by molar-refractivity contribution is 7.99. The van der Waals surface area contributed by atoms with Gasteiger partial charge in [0.05, 0.1) is 5.75 Å². The number of carbonyl (C=O) groups excluding carboxylic acids is 1. The highest BCUT2D eigenvalue weighted by Crippen LogP contribution is 2.27. The van der Waals surface area contributed by atoms with Crippen LogP contribution in [0.3, 0.4) is 0 Å². The number of benzene rings is 1. The average molecular weight is 387 g/mol. The third kappa shape index (κ3) is 4.92. The zero-order valence-electron chi connectivity index (χ0n) is 16.8. The van der Waals surface area contributed by atoms with Gasteiger partial charge < -0.3 is 9.88 Å². The van der Waals surface area contributed by atoms with Crippen LogP contribution in [-0.2, 0) is 16.8 Å². The number of amides is 1. The van der Waals surface area contributed by atoms with E-state index in [1.807, 2.05) is 0 Å². The Kier molecular flexibility index (Phi) is 6.25. The van der Waals surface area contributed by atoms with Crippen molar-refractivity contribution in [1.82, 2.24) is 20.1 Å². The van der Waals surface area contributed by atoms with Crippen LogP contribution in [0.15, 0.2) is 29.4 Å². The molecule has 1 aromatic heterocycles. The monoisotopic (exact) mass is 386 g/mol. The van der Waals surface area contributed by atoms with Gasteiger partial charge in [0.25, 0.3) is 0 Å². The molecule has 0 saturated heterocycles. The molecule has 1 aromatic carbocycles. The molecule has 6 heteroatoms. The van der Waals surface area contributed by atoms with Crippen LogP contribution >= 0.6 is 11.8 Å². The van der Waals surface area contributed by atoms with E-state index < -0.39 is 0 Å². The number of rotatable bonds is 6. The Hall–Kier alpha value is -1.82. The standard InChI is InChI=1S/C21H30N4OS/c1-5-25-19(15-10-12-16(13-11-15)21(2,3)4)23-24-20(25)27-14-18(26)22-17-8-6-7-9-17/h10-13,17H,5-9,14H2,1-4H3,(H,22,26). The molecule has 0 unspecified atom stereocenters. The summed E-state index contributed by atoms with van der Waals surface area (Å²) in [5.41, 5.74) is 2.48. The maximum Gasteiger partial charge on any atom is 0.230 e. The summed E-state index contributed by atoms with van der Waals surface area (Å²) < 4.78 is 2.08. The van der Waals surface area contributed by atoms with E-state index in [2.05, 4.69) is 72.0 Å². The molecule has 0 atom stereocenters. The predicted molar refractivity (Wildman–Crippen MR) is 111 cm³/mol. The number of nitrogens with one attached hydrogen (secondary N) is 1. The number of carbonyl (C=O) groups is 1. The summed E-state index contributed by atoms with van der Waals surface area (Å²) >= 11 is 1.46. The topological polar surface area (TPSA) is 59.8 Å². The van der Waals surface area contributed by atoms with Crippen molar-refractivity contribution in [3.05, 3.63) is 29.8 Å². The van der Waals surface area contributed by atoms with Crippen molar-refractivity contribution in [2.45, 2.75) is 76.5 Å². The van der Waals surface area contributed by atoms with Crippen molar-refractivity contribution in [3.63, 3.8) is 0 Å². The van der Waals surface area contributed by atoms with Crippen LogP contribution in [0.25, 0.3) is 11.4 Å². The Bertz CT molecular complexity index is 770. The molecule has 1 aliphatic rings. The highest BCUT2D eigenvalue weighted by Gasteiger charge is 2.19. The molecule has 1 N–H and O–H groups in total. The molecule has 27 heavy (non-hydrogen) atoms. The van der Waals surface area contributed by atoms with Crippen LogP contribution in [0, 0.1) is 0 Å². The second-order valence-electron chi connectivity index (χ2n) is 8.22. The first-order valence-electron chi connectivity index (χ1n) is 9.84. The van der Waals surface area contributed by atoms with Crippen molar-refractivity contribution < 1.29 is 4.79 Å². The largest absolute Gasteiger partial charge is 0.353 e. The Morgan fingerprint density at radius 3 is 2.44 bits per heavy atom. The molecule has 0 aliphatic heterocycles. The zero-order chi connectivity index (χ0) is 19.4. The molecular formula is C21H30N4OS. The van der Waals surface area contributed by atoms with E-state index in [1.165, 1.54) is 30.2 Å². The van der Waals surface area contributed by atoms with Crippen LogP contribution in [0.5, 0.6) is 0 Å². The fourth-order valence-electron chi connectivity index (χ4n) is 3.48. The minimum atomic E-state index is 0.0913. The van der Waals surface area contributed by atoms with Crippen LogP contribution in [-0.4, -0.2) is 32.5 Å². The molecule has 3 rings (SSSR count). The number of aromatic nitrogens is 3. The van der Waals surface area contributed by atoms with Gasteiger partial charge in [-0.2, -0.15) is 0 Å². The van der Waals surface area contributed by atoms with Crippen LogP contribution in [0.4, 0.5) is 0 Å². The molecule has 0 bridgehead atoms. The summed E-state index contributed by atoms with van der Waals surface area (Å²) in [6.45, 7) is 9.49. The average Bonchev–Trinajstić information content (AvgIpc) is 3.28. The second kappa shape index (κ2) is 8.46. The van der Waals surface area contributed by atoms with Gasteiger partial charge in [0, 0.05) is 18.2 Å². The maximum atomic E-state index is 12.2. The molecule has 0 radical (unpaired) electrons. The van der Waals surface area contributed by atoms with Gasteiger partial charge in [-0.25, -0.2) is 0 Å². The van der Waals surface area contributed by atoms with Gasteiger partial charge in [0.15, 0.2) is 11.0 Å². The predicted octanol–water partition coefficient (Wildman–Crippen LogP) is 4.41. The van der Waals surface area contributed by atoms with E-state index in [-0.39, 0.29) is 11.3 Å². The van der Waals surface area contributed by atoms with E-state index in [0.717, 1.165) is 35.9 Å². The summed E-state index contributed by atoms with van der Waals surface area (Å²) in [4.78, 5) is 12.2. The summed E-state index contributed by atoms with van der Waals surface area (Å²) in [5, 5.41) is 12.7. The minimum Gasteiger partial charge on any atom is -0.353 e. The van der Waals surface area contributed by atoms with Gasteiger partial charge in [-0.3, -0.25) is 4.79 Å². The zero-order valence-corrected chi connectivity index (χ0v) is 17.6. The maximum absolute atomic E-state index is 12.2. The lowest BCUT2D eigenvalue weighted by molar-refractivity contribution is -0.119.